The summed E-state index contributed by atoms with van der Waals surface area (Å²) in [5.41, 5.74) is 0.726. The molecule has 1 aromatic carbocycles. The Kier molecular flexibility index (Phi) is 5.95. The third-order valence-electron chi connectivity index (χ3n) is 2.18. The van der Waals surface area contributed by atoms with Gasteiger partial charge in [-0.15, -0.1) is 0 Å². The van der Waals surface area contributed by atoms with Crippen LogP contribution in [-0.2, 0) is 17.3 Å². The molecule has 0 radical (unpaired) electrons. The Hall–Kier alpha value is -0.450. The van der Waals surface area contributed by atoms with Gasteiger partial charge in [0.2, 0.25) is 0 Å². The van der Waals surface area contributed by atoms with E-state index in [4.69, 9.17) is 11.6 Å². The summed E-state index contributed by atoms with van der Waals surface area (Å²) in [5.74, 6) is 0.879. The van der Waals surface area contributed by atoms with E-state index in [0.29, 0.717) is 24.6 Å². The first-order valence-corrected chi connectivity index (χ1v) is 7.00. The van der Waals surface area contributed by atoms with E-state index < -0.39 is 16.6 Å². The molecule has 0 aromatic heterocycles. The van der Waals surface area contributed by atoms with Gasteiger partial charge in [-0.05, 0) is 11.6 Å². The van der Waals surface area contributed by atoms with E-state index in [-0.39, 0.29) is 5.02 Å². The van der Waals surface area contributed by atoms with Crippen LogP contribution in [0.4, 0.5) is 4.39 Å². The molecule has 0 aliphatic rings. The van der Waals surface area contributed by atoms with Crippen molar-refractivity contribution in [2.24, 2.45) is 0 Å². The van der Waals surface area contributed by atoms with E-state index in [2.05, 4.69) is 5.32 Å². The first-order valence-electron chi connectivity index (χ1n) is 5.13. The maximum Gasteiger partial charge on any atom is 0.142 e. The van der Waals surface area contributed by atoms with Gasteiger partial charge in [-0.1, -0.05) is 30.7 Å². The summed E-state index contributed by atoms with van der Waals surface area (Å²) in [4.78, 5) is 0. The Morgan fingerprint density at radius 3 is 2.94 bits per heavy atom. The van der Waals surface area contributed by atoms with Crippen molar-refractivity contribution in [3.8, 4) is 0 Å². The normalized spacial score (nSPS) is 12.7. The van der Waals surface area contributed by atoms with Crippen LogP contribution in [0, 0.1) is 5.82 Å². The van der Waals surface area contributed by atoms with E-state index in [1.807, 2.05) is 6.92 Å². The van der Waals surface area contributed by atoms with Gasteiger partial charge in [0, 0.05) is 35.4 Å². The summed E-state index contributed by atoms with van der Waals surface area (Å²) in [5, 5.41) is 3.25. The van der Waals surface area contributed by atoms with Crippen LogP contribution in [0.25, 0.3) is 0 Å². The maximum atomic E-state index is 13.1. The minimum Gasteiger partial charge on any atom is -0.312 e. The van der Waals surface area contributed by atoms with Crippen molar-refractivity contribution >= 4 is 22.4 Å². The molecule has 1 atom stereocenters. The lowest BCUT2D eigenvalue weighted by atomic mass is 10.2. The van der Waals surface area contributed by atoms with Crippen LogP contribution >= 0.6 is 11.6 Å². The molecule has 0 spiro atoms. The second-order valence-corrected chi connectivity index (χ2v) is 5.57. The van der Waals surface area contributed by atoms with Crippen LogP contribution < -0.4 is 5.32 Å². The molecular weight excluding hydrogens is 249 g/mol. The van der Waals surface area contributed by atoms with Gasteiger partial charge in [0.1, 0.15) is 5.82 Å². The molecule has 0 fully saturated rings. The Bertz CT molecular complexity index is 373. The Labute approximate surface area is 103 Å². The van der Waals surface area contributed by atoms with Crippen LogP contribution in [0.15, 0.2) is 18.2 Å². The molecular formula is C11H15ClFNOS. The topological polar surface area (TPSA) is 29.1 Å². The van der Waals surface area contributed by atoms with Crippen LogP contribution in [0.3, 0.4) is 0 Å². The summed E-state index contributed by atoms with van der Waals surface area (Å²) in [6.45, 7) is 3.03. The molecule has 1 aromatic rings. The third kappa shape index (κ3) is 4.20. The number of rotatable bonds is 6. The van der Waals surface area contributed by atoms with Crippen molar-refractivity contribution in [1.82, 2.24) is 5.32 Å². The summed E-state index contributed by atoms with van der Waals surface area (Å²) in [6, 6.07) is 4.73. The molecule has 0 amide bonds. The summed E-state index contributed by atoms with van der Waals surface area (Å²) in [6.07, 6.45) is 0. The standard InChI is InChI=1S/C11H15ClFNOS/c1-2-16(15)7-6-14-8-9-4-3-5-10(13)11(9)12/h3-5,14H,2,6-8H2,1H3. The molecule has 1 unspecified atom stereocenters. The molecule has 2 nitrogen and oxygen atoms in total. The Balaban J connectivity index is 2.38. The van der Waals surface area contributed by atoms with E-state index in [9.17, 15) is 8.60 Å². The van der Waals surface area contributed by atoms with E-state index in [1.54, 1.807) is 12.1 Å². The van der Waals surface area contributed by atoms with Crippen LogP contribution in [0.5, 0.6) is 0 Å². The monoisotopic (exact) mass is 263 g/mol. The zero-order chi connectivity index (χ0) is 12.0. The highest BCUT2D eigenvalue weighted by Gasteiger charge is 2.04. The molecule has 0 bridgehead atoms. The molecule has 90 valence electrons. The van der Waals surface area contributed by atoms with Crippen molar-refractivity contribution < 1.29 is 8.60 Å². The molecule has 0 aliphatic heterocycles. The molecule has 0 saturated heterocycles. The number of hydrogen-bond donors (Lipinski definition) is 1. The van der Waals surface area contributed by atoms with Crippen molar-refractivity contribution in [3.63, 3.8) is 0 Å². The third-order valence-corrected chi connectivity index (χ3v) is 3.90. The molecule has 0 saturated carbocycles. The van der Waals surface area contributed by atoms with Gasteiger partial charge in [-0.3, -0.25) is 4.21 Å². The first-order chi connectivity index (χ1) is 7.65. The highest BCUT2D eigenvalue weighted by atomic mass is 35.5. The molecule has 0 heterocycles. The largest absolute Gasteiger partial charge is 0.312 e. The van der Waals surface area contributed by atoms with Crippen LogP contribution in [0.2, 0.25) is 5.02 Å². The number of benzene rings is 1. The smallest absolute Gasteiger partial charge is 0.142 e. The lowest BCUT2D eigenvalue weighted by Crippen LogP contribution is -2.20. The van der Waals surface area contributed by atoms with Gasteiger partial charge in [0.15, 0.2) is 0 Å². The van der Waals surface area contributed by atoms with Gasteiger partial charge in [0.05, 0.1) is 5.02 Å². The zero-order valence-corrected chi connectivity index (χ0v) is 10.7. The molecule has 1 N–H and O–H groups in total. The minimum atomic E-state index is -0.764. The molecule has 5 heteroatoms. The first kappa shape index (κ1) is 13.6. The minimum absolute atomic E-state index is 0.159. The zero-order valence-electron chi connectivity index (χ0n) is 9.13. The Morgan fingerprint density at radius 2 is 2.25 bits per heavy atom. The fraction of sp³-hybridized carbons (Fsp3) is 0.455. The predicted molar refractivity (Wildman–Crippen MR) is 66.7 cm³/mol. The highest BCUT2D eigenvalue weighted by molar-refractivity contribution is 7.84. The number of halogens is 2. The Morgan fingerprint density at radius 1 is 1.50 bits per heavy atom. The van der Waals surface area contributed by atoms with Crippen molar-refractivity contribution in [1.29, 1.82) is 0 Å². The molecule has 0 aliphatic carbocycles. The average Bonchev–Trinajstić information content (AvgIpc) is 2.29. The van der Waals surface area contributed by atoms with E-state index in [1.165, 1.54) is 6.07 Å². The van der Waals surface area contributed by atoms with Gasteiger partial charge in [0.25, 0.3) is 0 Å². The number of nitrogens with one attached hydrogen (secondary N) is 1. The summed E-state index contributed by atoms with van der Waals surface area (Å²) < 4.78 is 24.2. The van der Waals surface area contributed by atoms with Crippen molar-refractivity contribution in [2.75, 3.05) is 18.1 Å². The lowest BCUT2D eigenvalue weighted by Gasteiger charge is -2.06. The van der Waals surface area contributed by atoms with Gasteiger partial charge in [-0.25, -0.2) is 4.39 Å². The summed E-state index contributed by atoms with van der Waals surface area (Å²) in [7, 11) is -0.764. The van der Waals surface area contributed by atoms with Gasteiger partial charge in [-0.2, -0.15) is 0 Å². The maximum absolute atomic E-state index is 13.1. The lowest BCUT2D eigenvalue weighted by molar-refractivity contribution is 0.622. The quantitative estimate of drug-likeness (QED) is 0.799. The molecule has 16 heavy (non-hydrogen) atoms. The predicted octanol–water partition coefficient (Wildman–Crippen LogP) is 2.34. The van der Waals surface area contributed by atoms with Gasteiger partial charge < -0.3 is 5.32 Å². The van der Waals surface area contributed by atoms with Crippen molar-refractivity contribution in [3.05, 3.63) is 34.6 Å². The van der Waals surface area contributed by atoms with Crippen LogP contribution in [0.1, 0.15) is 12.5 Å². The molecule has 1 rings (SSSR count). The summed E-state index contributed by atoms with van der Waals surface area (Å²) >= 11 is 5.79. The highest BCUT2D eigenvalue weighted by Crippen LogP contribution is 2.19. The average molecular weight is 264 g/mol. The second kappa shape index (κ2) is 6.99. The fourth-order valence-corrected chi connectivity index (χ4v) is 2.09. The van der Waals surface area contributed by atoms with E-state index in [0.717, 1.165) is 5.56 Å². The fourth-order valence-electron chi connectivity index (χ4n) is 1.24. The van der Waals surface area contributed by atoms with E-state index >= 15 is 0 Å². The van der Waals surface area contributed by atoms with Crippen LogP contribution in [-0.4, -0.2) is 22.3 Å². The second-order valence-electron chi connectivity index (χ2n) is 3.32. The number of hydrogen-bond acceptors (Lipinski definition) is 2. The van der Waals surface area contributed by atoms with Gasteiger partial charge >= 0.3 is 0 Å². The van der Waals surface area contributed by atoms with Crippen molar-refractivity contribution in [2.45, 2.75) is 13.5 Å². The SMILES string of the molecule is CCS(=O)CCNCc1cccc(F)c1Cl.